The minimum Gasteiger partial charge on any atom is -0.437 e. The SMILES string of the molecule is O=[N+]([O-])c1cccc(Oc2cc(Br)nc(C3CC3)n2)c1Br. The largest absolute Gasteiger partial charge is 0.437 e. The summed E-state index contributed by atoms with van der Waals surface area (Å²) >= 11 is 6.52. The number of aromatic nitrogens is 2. The summed E-state index contributed by atoms with van der Waals surface area (Å²) in [6.07, 6.45) is 2.16. The summed E-state index contributed by atoms with van der Waals surface area (Å²) in [6.45, 7) is 0. The van der Waals surface area contributed by atoms with Gasteiger partial charge in [-0.15, -0.1) is 0 Å². The Morgan fingerprint density at radius 3 is 2.71 bits per heavy atom. The average Bonchev–Trinajstić information content (AvgIpc) is 3.24. The number of benzene rings is 1. The maximum atomic E-state index is 10.9. The van der Waals surface area contributed by atoms with Crippen LogP contribution < -0.4 is 4.74 Å². The van der Waals surface area contributed by atoms with E-state index >= 15 is 0 Å². The molecule has 0 amide bonds. The molecular weight excluding hydrogens is 406 g/mol. The summed E-state index contributed by atoms with van der Waals surface area (Å²) < 4.78 is 6.59. The Balaban J connectivity index is 1.93. The number of halogens is 2. The van der Waals surface area contributed by atoms with Crippen LogP contribution in [-0.2, 0) is 0 Å². The summed E-state index contributed by atoms with van der Waals surface area (Å²) in [5.41, 5.74) is -0.0527. The fourth-order valence-corrected chi connectivity index (χ4v) is 2.69. The molecule has 0 saturated heterocycles. The molecule has 0 radical (unpaired) electrons. The minimum atomic E-state index is -0.470. The van der Waals surface area contributed by atoms with Crippen LogP contribution in [0.1, 0.15) is 24.6 Å². The molecule has 1 heterocycles. The Bertz CT molecular complexity index is 720. The van der Waals surface area contributed by atoms with Gasteiger partial charge < -0.3 is 4.74 Å². The third-order valence-corrected chi connectivity index (χ3v) is 4.19. The monoisotopic (exact) mass is 413 g/mol. The highest BCUT2D eigenvalue weighted by molar-refractivity contribution is 9.10. The van der Waals surface area contributed by atoms with Gasteiger partial charge in [0.25, 0.3) is 5.69 Å². The third kappa shape index (κ3) is 3.21. The first-order valence-corrected chi connectivity index (χ1v) is 7.78. The predicted octanol–water partition coefficient (Wildman–Crippen LogP) is 4.58. The molecule has 0 aliphatic heterocycles. The Morgan fingerprint density at radius 2 is 2.05 bits per heavy atom. The average molecular weight is 415 g/mol. The van der Waals surface area contributed by atoms with E-state index < -0.39 is 4.92 Å². The van der Waals surface area contributed by atoms with Crippen molar-refractivity contribution in [3.05, 3.63) is 49.3 Å². The van der Waals surface area contributed by atoms with Gasteiger partial charge in [0.15, 0.2) is 5.75 Å². The first kappa shape index (κ1) is 14.4. The van der Waals surface area contributed by atoms with Gasteiger partial charge in [-0.2, -0.15) is 4.98 Å². The first-order chi connectivity index (χ1) is 10.0. The predicted molar refractivity (Wildman–Crippen MR) is 82.6 cm³/mol. The molecule has 1 saturated carbocycles. The number of ether oxygens (including phenoxy) is 1. The zero-order chi connectivity index (χ0) is 15.0. The lowest BCUT2D eigenvalue weighted by molar-refractivity contribution is -0.385. The lowest BCUT2D eigenvalue weighted by atomic mass is 10.3. The van der Waals surface area contributed by atoms with E-state index in [1.54, 1.807) is 18.2 Å². The van der Waals surface area contributed by atoms with Crippen molar-refractivity contribution in [2.75, 3.05) is 0 Å². The number of nitro benzene ring substituents is 1. The molecule has 0 N–H and O–H groups in total. The van der Waals surface area contributed by atoms with Crippen LogP contribution in [0.3, 0.4) is 0 Å². The van der Waals surface area contributed by atoms with E-state index in [1.165, 1.54) is 6.07 Å². The molecular formula is C13H9Br2N3O3. The van der Waals surface area contributed by atoms with E-state index in [0.29, 0.717) is 22.2 Å². The van der Waals surface area contributed by atoms with Crippen LogP contribution in [0.4, 0.5) is 5.69 Å². The Kier molecular flexibility index (Phi) is 3.90. The highest BCUT2D eigenvalue weighted by Crippen LogP contribution is 2.40. The van der Waals surface area contributed by atoms with Crippen molar-refractivity contribution >= 4 is 37.5 Å². The van der Waals surface area contributed by atoms with Gasteiger partial charge in [-0.25, -0.2) is 4.98 Å². The first-order valence-electron chi connectivity index (χ1n) is 6.20. The third-order valence-electron chi connectivity index (χ3n) is 2.99. The van der Waals surface area contributed by atoms with E-state index in [9.17, 15) is 10.1 Å². The number of hydrogen-bond acceptors (Lipinski definition) is 5. The van der Waals surface area contributed by atoms with Gasteiger partial charge in [0.2, 0.25) is 5.88 Å². The topological polar surface area (TPSA) is 78.2 Å². The molecule has 0 atom stereocenters. The molecule has 0 bridgehead atoms. The zero-order valence-electron chi connectivity index (χ0n) is 10.6. The fourth-order valence-electron chi connectivity index (χ4n) is 1.82. The second kappa shape index (κ2) is 5.69. The van der Waals surface area contributed by atoms with Crippen molar-refractivity contribution in [2.24, 2.45) is 0 Å². The normalized spacial score (nSPS) is 14.0. The van der Waals surface area contributed by atoms with Gasteiger partial charge in [-0.1, -0.05) is 6.07 Å². The molecule has 0 unspecified atom stereocenters. The lowest BCUT2D eigenvalue weighted by Gasteiger charge is -2.08. The van der Waals surface area contributed by atoms with Crippen LogP contribution in [0.15, 0.2) is 33.3 Å². The molecule has 1 aliphatic rings. The molecule has 1 aromatic carbocycles. The molecule has 108 valence electrons. The van der Waals surface area contributed by atoms with Crippen molar-refractivity contribution in [1.29, 1.82) is 0 Å². The van der Waals surface area contributed by atoms with Crippen LogP contribution in [0.5, 0.6) is 11.6 Å². The van der Waals surface area contributed by atoms with E-state index in [2.05, 4.69) is 41.8 Å². The maximum Gasteiger partial charge on any atom is 0.287 e. The fraction of sp³-hybridized carbons (Fsp3) is 0.231. The molecule has 21 heavy (non-hydrogen) atoms. The summed E-state index contributed by atoms with van der Waals surface area (Å²) in [7, 11) is 0. The molecule has 1 fully saturated rings. The van der Waals surface area contributed by atoms with Crippen molar-refractivity contribution in [3.63, 3.8) is 0 Å². The van der Waals surface area contributed by atoms with Gasteiger partial charge in [-0.3, -0.25) is 10.1 Å². The Hall–Kier alpha value is -1.54. The second-order valence-electron chi connectivity index (χ2n) is 4.61. The van der Waals surface area contributed by atoms with E-state index in [-0.39, 0.29) is 10.2 Å². The summed E-state index contributed by atoms with van der Waals surface area (Å²) in [5.74, 6) is 1.83. The van der Waals surface area contributed by atoms with Crippen LogP contribution in [-0.4, -0.2) is 14.9 Å². The molecule has 6 nitrogen and oxygen atoms in total. The van der Waals surface area contributed by atoms with Crippen LogP contribution >= 0.6 is 31.9 Å². The van der Waals surface area contributed by atoms with Crippen molar-refractivity contribution in [2.45, 2.75) is 18.8 Å². The van der Waals surface area contributed by atoms with Crippen LogP contribution in [0.2, 0.25) is 0 Å². The highest BCUT2D eigenvalue weighted by Gasteiger charge is 2.27. The van der Waals surface area contributed by atoms with Crippen molar-refractivity contribution < 1.29 is 9.66 Å². The highest BCUT2D eigenvalue weighted by atomic mass is 79.9. The van der Waals surface area contributed by atoms with Gasteiger partial charge in [0.05, 0.1) is 4.92 Å². The molecule has 2 aromatic rings. The molecule has 8 heteroatoms. The van der Waals surface area contributed by atoms with Crippen LogP contribution in [0, 0.1) is 10.1 Å². The Morgan fingerprint density at radius 1 is 1.29 bits per heavy atom. The van der Waals surface area contributed by atoms with E-state index in [0.717, 1.165) is 18.7 Å². The van der Waals surface area contributed by atoms with Gasteiger partial charge in [0.1, 0.15) is 14.9 Å². The van der Waals surface area contributed by atoms with E-state index in [4.69, 9.17) is 4.74 Å². The van der Waals surface area contributed by atoms with Crippen molar-refractivity contribution in [1.82, 2.24) is 9.97 Å². The summed E-state index contributed by atoms with van der Waals surface area (Å²) in [5, 5.41) is 10.9. The molecule has 1 aromatic heterocycles. The van der Waals surface area contributed by atoms with Gasteiger partial charge >= 0.3 is 0 Å². The molecule has 1 aliphatic carbocycles. The summed E-state index contributed by atoms with van der Waals surface area (Å²) in [4.78, 5) is 19.1. The minimum absolute atomic E-state index is 0.0527. The number of hydrogen-bond donors (Lipinski definition) is 0. The number of rotatable bonds is 4. The maximum absolute atomic E-state index is 10.9. The standard InChI is InChI=1S/C13H9Br2N3O3/c14-10-6-11(17-13(16-10)7-4-5-7)21-9-3-1-2-8(12(9)15)18(19)20/h1-3,6-7H,4-5H2. The zero-order valence-corrected chi connectivity index (χ0v) is 13.8. The molecule has 3 rings (SSSR count). The smallest absolute Gasteiger partial charge is 0.287 e. The molecule has 0 spiro atoms. The van der Waals surface area contributed by atoms with E-state index in [1.807, 2.05) is 0 Å². The second-order valence-corrected chi connectivity index (χ2v) is 6.22. The number of nitro groups is 1. The quantitative estimate of drug-likeness (QED) is 0.415. The lowest BCUT2D eigenvalue weighted by Crippen LogP contribution is -1.98. The summed E-state index contributed by atoms with van der Waals surface area (Å²) in [6, 6.07) is 6.25. The van der Waals surface area contributed by atoms with Crippen LogP contribution in [0.25, 0.3) is 0 Å². The Labute approximate surface area is 137 Å². The van der Waals surface area contributed by atoms with Gasteiger partial charge in [-0.05, 0) is 50.8 Å². The van der Waals surface area contributed by atoms with Gasteiger partial charge in [0, 0.05) is 18.1 Å². The number of nitrogens with zero attached hydrogens (tertiary/aromatic N) is 3. The van der Waals surface area contributed by atoms with Crippen molar-refractivity contribution in [3.8, 4) is 11.6 Å².